The van der Waals surface area contributed by atoms with E-state index in [0.29, 0.717) is 17.8 Å². The van der Waals surface area contributed by atoms with Gasteiger partial charge >= 0.3 is 5.97 Å². The van der Waals surface area contributed by atoms with Gasteiger partial charge in [-0.15, -0.1) is 34.9 Å². The van der Waals surface area contributed by atoms with Gasteiger partial charge in [0.05, 0.1) is 11.9 Å². The summed E-state index contributed by atoms with van der Waals surface area (Å²) in [4.78, 5) is 69.8. The summed E-state index contributed by atoms with van der Waals surface area (Å²) in [7, 11) is -3.62. The molecule has 0 spiro atoms. The lowest BCUT2D eigenvalue weighted by atomic mass is 10.0. The number of thiazole rings is 1. The van der Waals surface area contributed by atoms with Gasteiger partial charge in [-0.2, -0.15) is 4.73 Å². The summed E-state index contributed by atoms with van der Waals surface area (Å²) in [6.07, 6.45) is 3.94. The summed E-state index contributed by atoms with van der Waals surface area (Å²) in [5.74, 6) is -4.60. The molecule has 1 unspecified atom stereocenters. The number of carboxylic acids is 1. The molecule has 3 atom stereocenters. The Bertz CT molecular complexity index is 2000. The Morgan fingerprint density at radius 3 is 2.56 bits per heavy atom. The normalized spacial score (nSPS) is 18.1. The SMILES string of the molecule is Nc1nc(C(NC(=O)c2cc(=O)c(O)cn2O)C(=O)N[C@@H]2C(=O)N3C(C(=O)O)=C(CSc4cc[n+](CCS(N)(=O)=O)cc4)CS[C@H]23)cs1. The molecule has 0 bridgehead atoms. The van der Waals surface area contributed by atoms with E-state index in [1.807, 2.05) is 0 Å². The van der Waals surface area contributed by atoms with Gasteiger partial charge in [0, 0.05) is 40.0 Å². The van der Waals surface area contributed by atoms with Crippen LogP contribution in [0.25, 0.3) is 0 Å². The van der Waals surface area contributed by atoms with Crippen molar-refractivity contribution in [2.45, 2.75) is 28.9 Å². The van der Waals surface area contributed by atoms with Crippen LogP contribution in [-0.2, 0) is 31.0 Å². The Balaban J connectivity index is 1.28. The maximum absolute atomic E-state index is 13.5. The molecule has 0 radical (unpaired) electrons. The lowest BCUT2D eigenvalue weighted by Crippen LogP contribution is -2.71. The molecule has 0 saturated carbocycles. The molecule has 3 aromatic rings. The number of carboxylic acid groups (broad SMARTS) is 1. The standard InChI is InChI=1S/C26H26N8O10S4/c27-26-29-14(11-47-26)18(30-21(37)15-7-16(35)17(36)8-33(15)42)22(38)31-19-23(39)34-20(25(40)41)12(10-46-24(19)34)9-45-13-1-3-32(4-2-13)5-6-48(28,43)44/h1-4,7-8,11,18-19,24,42H,5-6,9-10H2,(H7-,27,28,29,30,31,36,37,38,40,41,43,44)/p+1/t18?,19-,24-/m1/s1. The Hall–Kier alpha value is -4.64. The smallest absolute Gasteiger partial charge is 0.352 e. The van der Waals surface area contributed by atoms with Crippen LogP contribution < -0.4 is 31.5 Å². The van der Waals surface area contributed by atoms with E-state index in [-0.39, 0.29) is 45.1 Å². The molecule has 18 nitrogen and oxygen atoms in total. The highest BCUT2D eigenvalue weighted by Gasteiger charge is 2.54. The molecule has 48 heavy (non-hydrogen) atoms. The number of aliphatic carboxylic acids is 1. The summed E-state index contributed by atoms with van der Waals surface area (Å²) < 4.78 is 24.2. The van der Waals surface area contributed by atoms with Gasteiger partial charge in [0.15, 0.2) is 35.9 Å². The summed E-state index contributed by atoms with van der Waals surface area (Å²) in [6.45, 7) is 0.166. The molecule has 5 heterocycles. The number of nitrogens with zero attached hydrogens (tertiary/aromatic N) is 4. The first-order valence-corrected chi connectivity index (χ1v) is 18.3. The van der Waals surface area contributed by atoms with E-state index < -0.39 is 68.0 Å². The molecule has 2 aliphatic heterocycles. The van der Waals surface area contributed by atoms with Gasteiger partial charge in [0.1, 0.15) is 28.6 Å². The number of carbonyl (C=O) groups excluding carboxylic acids is 3. The largest absolute Gasteiger partial charge is 0.503 e. The van der Waals surface area contributed by atoms with Crippen molar-refractivity contribution in [1.82, 2.24) is 25.2 Å². The number of carbonyl (C=O) groups is 4. The lowest BCUT2D eigenvalue weighted by Gasteiger charge is -2.49. The average molecular weight is 740 g/mol. The highest BCUT2D eigenvalue weighted by atomic mass is 32.2. The molecular formula is C26H27N8O10S4+. The second kappa shape index (κ2) is 13.8. The molecule has 22 heteroatoms. The predicted molar refractivity (Wildman–Crippen MR) is 171 cm³/mol. The first-order valence-electron chi connectivity index (χ1n) is 13.6. The summed E-state index contributed by atoms with van der Waals surface area (Å²) in [6, 6.07) is 1.42. The van der Waals surface area contributed by atoms with Gasteiger partial charge in [0.2, 0.25) is 21.4 Å². The zero-order valence-corrected chi connectivity index (χ0v) is 27.6. The summed E-state index contributed by atoms with van der Waals surface area (Å²) in [5.41, 5.74) is 4.42. The number of sulfonamides is 1. The van der Waals surface area contributed by atoms with E-state index in [9.17, 15) is 47.8 Å². The predicted octanol–water partition coefficient (Wildman–Crippen LogP) is -1.59. The Kier molecular flexibility index (Phi) is 10.0. The number of hydrogen-bond acceptors (Lipinski definition) is 14. The topological polar surface area (TPSA) is 281 Å². The highest BCUT2D eigenvalue weighted by Crippen LogP contribution is 2.41. The Labute approximate surface area is 283 Å². The van der Waals surface area contributed by atoms with Gasteiger partial charge in [0.25, 0.3) is 11.8 Å². The number of nitrogens with two attached hydrogens (primary N) is 2. The number of fused-ring (bicyclic) bond motifs is 1. The number of anilines is 1. The molecule has 0 aliphatic carbocycles. The van der Waals surface area contributed by atoms with E-state index in [2.05, 4.69) is 15.6 Å². The van der Waals surface area contributed by atoms with Gasteiger partial charge in [-0.1, -0.05) is 0 Å². The number of primary sulfonamides is 1. The van der Waals surface area contributed by atoms with Crippen LogP contribution in [0.4, 0.5) is 5.13 Å². The fourth-order valence-corrected chi connectivity index (χ4v) is 8.14. The molecule has 1 fully saturated rings. The number of pyridine rings is 2. The van der Waals surface area contributed by atoms with E-state index in [4.69, 9.17) is 10.9 Å². The fourth-order valence-electron chi connectivity index (χ4n) is 4.72. The van der Waals surface area contributed by atoms with Gasteiger partial charge in [-0.25, -0.2) is 27.9 Å². The Morgan fingerprint density at radius 2 is 1.94 bits per heavy atom. The Morgan fingerprint density at radius 1 is 1.23 bits per heavy atom. The van der Waals surface area contributed by atoms with Crippen molar-refractivity contribution in [3.8, 4) is 5.75 Å². The van der Waals surface area contributed by atoms with Crippen LogP contribution in [0.15, 0.2) is 63.1 Å². The second-order valence-electron chi connectivity index (χ2n) is 10.4. The van der Waals surface area contributed by atoms with Crippen molar-refractivity contribution >= 4 is 73.7 Å². The zero-order valence-electron chi connectivity index (χ0n) is 24.4. The number of rotatable bonds is 12. The minimum Gasteiger partial charge on any atom is -0.503 e. The minimum atomic E-state index is -3.62. The van der Waals surface area contributed by atoms with Crippen molar-refractivity contribution in [3.63, 3.8) is 0 Å². The van der Waals surface area contributed by atoms with Gasteiger partial charge in [-0.3, -0.25) is 24.1 Å². The number of aromatic nitrogens is 3. The molecular weight excluding hydrogens is 713 g/mol. The molecule has 254 valence electrons. The van der Waals surface area contributed by atoms with Crippen molar-refractivity contribution in [3.05, 3.63) is 75.1 Å². The number of aryl methyl sites for hydroxylation is 1. The van der Waals surface area contributed by atoms with Crippen LogP contribution in [0, 0.1) is 0 Å². The van der Waals surface area contributed by atoms with E-state index in [0.717, 1.165) is 21.1 Å². The summed E-state index contributed by atoms with van der Waals surface area (Å²) in [5, 5.41) is 40.1. The number of aromatic hydroxyl groups is 1. The minimum absolute atomic E-state index is 0.00447. The van der Waals surface area contributed by atoms with Crippen LogP contribution in [0.2, 0.25) is 0 Å². The lowest BCUT2D eigenvalue weighted by molar-refractivity contribution is -0.692. The van der Waals surface area contributed by atoms with Crippen molar-refractivity contribution in [1.29, 1.82) is 0 Å². The highest BCUT2D eigenvalue weighted by molar-refractivity contribution is 8.01. The van der Waals surface area contributed by atoms with E-state index >= 15 is 0 Å². The van der Waals surface area contributed by atoms with Gasteiger partial charge in [-0.05, 0) is 5.57 Å². The number of nitrogen functional groups attached to an aromatic ring is 1. The summed E-state index contributed by atoms with van der Waals surface area (Å²) >= 11 is 3.53. The van der Waals surface area contributed by atoms with Gasteiger partial charge < -0.3 is 31.8 Å². The molecule has 2 aliphatic rings. The third kappa shape index (κ3) is 7.57. The third-order valence-corrected chi connectivity index (χ3v) is 11.0. The maximum atomic E-state index is 13.5. The second-order valence-corrected chi connectivity index (χ2v) is 15.1. The number of nitrogens with one attached hydrogen (secondary N) is 2. The average Bonchev–Trinajstić information content (AvgIpc) is 3.47. The monoisotopic (exact) mass is 739 g/mol. The first kappa shape index (κ1) is 34.7. The van der Waals surface area contributed by atoms with Crippen molar-refractivity contribution in [2.24, 2.45) is 5.14 Å². The van der Waals surface area contributed by atoms with E-state index in [1.54, 1.807) is 29.1 Å². The van der Waals surface area contributed by atoms with Crippen LogP contribution in [-0.4, -0.2) is 90.8 Å². The quantitative estimate of drug-likeness (QED) is 0.0477. The molecule has 0 aromatic carbocycles. The number of thioether (sulfide) groups is 2. The molecule has 3 aromatic heterocycles. The van der Waals surface area contributed by atoms with E-state index in [1.165, 1.54) is 28.9 Å². The van der Waals surface area contributed by atoms with Crippen LogP contribution in [0.3, 0.4) is 0 Å². The molecule has 3 amide bonds. The van der Waals surface area contributed by atoms with Crippen molar-refractivity contribution < 1.29 is 47.6 Å². The van der Waals surface area contributed by atoms with Crippen LogP contribution in [0.1, 0.15) is 22.2 Å². The number of β-lactam (4-membered cyclic amide) rings is 1. The van der Waals surface area contributed by atoms with Crippen LogP contribution in [0.5, 0.6) is 5.75 Å². The molecule has 5 rings (SSSR count). The number of hydrogen-bond donors (Lipinski definition) is 7. The first-order chi connectivity index (χ1) is 22.6. The molecule has 1 saturated heterocycles. The maximum Gasteiger partial charge on any atom is 0.352 e. The van der Waals surface area contributed by atoms with Crippen LogP contribution >= 0.6 is 34.9 Å². The zero-order chi connectivity index (χ0) is 34.9. The number of amides is 3. The fraction of sp³-hybridized carbons (Fsp3) is 0.269. The third-order valence-electron chi connectivity index (χ3n) is 7.07. The molecule has 9 N–H and O–H groups in total. The van der Waals surface area contributed by atoms with Crippen molar-refractivity contribution in [2.75, 3.05) is 23.0 Å².